The Morgan fingerprint density at radius 3 is 2.83 bits per heavy atom. The number of nitrogens with zero attached hydrogens (tertiary/aromatic N) is 4. The third kappa shape index (κ3) is 5.94. The van der Waals surface area contributed by atoms with E-state index in [2.05, 4.69) is 52.2 Å². The van der Waals surface area contributed by atoms with Crippen LogP contribution in [-0.4, -0.2) is 56.5 Å². The van der Waals surface area contributed by atoms with Gasteiger partial charge in [0.25, 0.3) is 0 Å². The van der Waals surface area contributed by atoms with Crippen molar-refractivity contribution >= 4 is 5.91 Å². The average Bonchev–Trinajstić information content (AvgIpc) is 3.10. The third-order valence-corrected chi connectivity index (χ3v) is 5.12. The first-order valence-electron chi connectivity index (χ1n) is 10.2. The van der Waals surface area contributed by atoms with E-state index in [9.17, 15) is 9.90 Å². The largest absolute Gasteiger partial charge is 0.513 e. The zero-order valence-electron chi connectivity index (χ0n) is 17.8. The number of aliphatic hydroxyl groups is 1. The second-order valence-corrected chi connectivity index (χ2v) is 7.79. The molecule has 1 N–H and O–H groups in total. The summed E-state index contributed by atoms with van der Waals surface area (Å²) >= 11 is 0. The van der Waals surface area contributed by atoms with Crippen molar-refractivity contribution in [3.8, 4) is 0 Å². The molecule has 6 heteroatoms. The van der Waals surface area contributed by atoms with Crippen LogP contribution in [0.3, 0.4) is 0 Å². The van der Waals surface area contributed by atoms with E-state index in [-0.39, 0.29) is 11.7 Å². The number of hydrogen-bond acceptors (Lipinski definition) is 4. The second-order valence-electron chi connectivity index (χ2n) is 7.79. The quantitative estimate of drug-likeness (QED) is 0.539. The van der Waals surface area contributed by atoms with E-state index in [1.165, 1.54) is 11.1 Å². The molecule has 3 rings (SSSR count). The predicted octanol–water partition coefficient (Wildman–Crippen LogP) is 3.46. The summed E-state index contributed by atoms with van der Waals surface area (Å²) in [6.45, 7) is 11.2. The zero-order chi connectivity index (χ0) is 21.5. The predicted molar refractivity (Wildman–Crippen MR) is 119 cm³/mol. The molecular weight excluding hydrogens is 376 g/mol. The summed E-state index contributed by atoms with van der Waals surface area (Å²) in [7, 11) is 0. The van der Waals surface area contributed by atoms with Gasteiger partial charge >= 0.3 is 0 Å². The Morgan fingerprint density at radius 2 is 2.13 bits per heavy atom. The van der Waals surface area contributed by atoms with Crippen LogP contribution in [0.2, 0.25) is 0 Å². The third-order valence-electron chi connectivity index (χ3n) is 5.12. The van der Waals surface area contributed by atoms with E-state index >= 15 is 0 Å². The van der Waals surface area contributed by atoms with Gasteiger partial charge in [-0.2, -0.15) is 0 Å². The molecule has 1 amide bonds. The highest BCUT2D eigenvalue weighted by atomic mass is 16.3. The summed E-state index contributed by atoms with van der Waals surface area (Å²) in [6.07, 6.45) is 8.90. The molecule has 0 atom stereocenters. The Hall–Kier alpha value is -3.12. The minimum absolute atomic E-state index is 0.0879. The number of aliphatic hydroxyl groups excluding tert-OH is 1. The van der Waals surface area contributed by atoms with Crippen molar-refractivity contribution in [1.29, 1.82) is 0 Å². The Kier molecular flexibility index (Phi) is 7.25. The lowest BCUT2D eigenvalue weighted by Gasteiger charge is -2.34. The van der Waals surface area contributed by atoms with Crippen molar-refractivity contribution in [2.24, 2.45) is 0 Å². The van der Waals surface area contributed by atoms with Crippen molar-refractivity contribution in [2.75, 3.05) is 26.2 Å². The Balaban J connectivity index is 1.60. The van der Waals surface area contributed by atoms with Crippen LogP contribution in [0, 0.1) is 6.92 Å². The van der Waals surface area contributed by atoms with Crippen molar-refractivity contribution in [2.45, 2.75) is 26.9 Å². The van der Waals surface area contributed by atoms with E-state index in [0.717, 1.165) is 24.4 Å². The number of imidazole rings is 1. The summed E-state index contributed by atoms with van der Waals surface area (Å²) in [4.78, 5) is 21.0. The van der Waals surface area contributed by atoms with Crippen LogP contribution in [0.5, 0.6) is 0 Å². The summed E-state index contributed by atoms with van der Waals surface area (Å²) in [5, 5.41) is 9.54. The van der Waals surface area contributed by atoms with Gasteiger partial charge in [0.15, 0.2) is 0 Å². The van der Waals surface area contributed by atoms with Gasteiger partial charge in [0.1, 0.15) is 0 Å². The zero-order valence-corrected chi connectivity index (χ0v) is 17.8. The fraction of sp³-hybridized carbons (Fsp3) is 0.333. The molecule has 2 heterocycles. The highest BCUT2D eigenvalue weighted by molar-refractivity contribution is 5.79. The maximum atomic E-state index is 12.7. The van der Waals surface area contributed by atoms with Gasteiger partial charge in [-0.15, -0.1) is 0 Å². The second kappa shape index (κ2) is 10.1. The molecule has 2 aromatic rings. The van der Waals surface area contributed by atoms with Crippen LogP contribution < -0.4 is 0 Å². The molecule has 0 spiro atoms. The van der Waals surface area contributed by atoms with Crippen molar-refractivity contribution in [3.63, 3.8) is 0 Å². The summed E-state index contributed by atoms with van der Waals surface area (Å²) in [5.41, 5.74) is 4.45. The van der Waals surface area contributed by atoms with Gasteiger partial charge in [0, 0.05) is 38.9 Å². The van der Waals surface area contributed by atoms with Crippen molar-refractivity contribution in [3.05, 3.63) is 89.7 Å². The average molecular weight is 407 g/mol. The van der Waals surface area contributed by atoms with Gasteiger partial charge in [-0.1, -0.05) is 48.6 Å². The SMILES string of the molecule is C=C/C=C(\C=C(/C)O)CN1CCN(Cc2cncn2Cc2cccc(C)c2)CC1=O. The molecule has 1 fully saturated rings. The van der Waals surface area contributed by atoms with Crippen LogP contribution in [0.25, 0.3) is 0 Å². The number of allylic oxidation sites excluding steroid dienone is 3. The van der Waals surface area contributed by atoms with Crippen LogP contribution in [0.1, 0.15) is 23.7 Å². The molecule has 0 unspecified atom stereocenters. The fourth-order valence-electron chi connectivity index (χ4n) is 3.70. The molecule has 0 radical (unpaired) electrons. The number of piperazine rings is 1. The first kappa shape index (κ1) is 21.6. The molecule has 158 valence electrons. The van der Waals surface area contributed by atoms with Gasteiger partial charge in [0.2, 0.25) is 5.91 Å². The topological polar surface area (TPSA) is 61.6 Å². The van der Waals surface area contributed by atoms with Gasteiger partial charge in [-0.25, -0.2) is 4.98 Å². The molecule has 1 aromatic heterocycles. The summed E-state index contributed by atoms with van der Waals surface area (Å²) < 4.78 is 2.14. The monoisotopic (exact) mass is 406 g/mol. The number of rotatable bonds is 8. The molecule has 0 aliphatic carbocycles. The number of benzene rings is 1. The molecule has 1 aliphatic heterocycles. The number of hydrogen-bond donors (Lipinski definition) is 1. The Morgan fingerprint density at radius 1 is 1.30 bits per heavy atom. The van der Waals surface area contributed by atoms with Gasteiger partial charge < -0.3 is 14.6 Å². The highest BCUT2D eigenvalue weighted by Gasteiger charge is 2.25. The lowest BCUT2D eigenvalue weighted by Crippen LogP contribution is -2.50. The first-order chi connectivity index (χ1) is 14.4. The van der Waals surface area contributed by atoms with E-state index in [0.29, 0.717) is 26.2 Å². The van der Waals surface area contributed by atoms with Gasteiger partial charge in [-0.05, 0) is 31.1 Å². The molecule has 30 heavy (non-hydrogen) atoms. The summed E-state index contributed by atoms with van der Waals surface area (Å²) in [5.74, 6) is 0.306. The molecule has 1 saturated heterocycles. The van der Waals surface area contributed by atoms with Crippen LogP contribution in [0.4, 0.5) is 0 Å². The normalized spacial score (nSPS) is 16.2. The molecule has 1 aromatic carbocycles. The fourth-order valence-corrected chi connectivity index (χ4v) is 3.70. The lowest BCUT2D eigenvalue weighted by molar-refractivity contribution is -0.135. The van der Waals surface area contributed by atoms with E-state index in [1.54, 1.807) is 19.1 Å². The maximum Gasteiger partial charge on any atom is 0.237 e. The standard InChI is InChI=1S/C24H30N4O2/c1-4-6-21(12-20(3)29)14-27-10-9-26(17-24(27)30)16-23-13-25-18-28(23)15-22-8-5-7-19(2)11-22/h4-8,11-13,18,29H,1,9-10,14-17H2,2-3H3/b20-12+,21-6+. The smallest absolute Gasteiger partial charge is 0.237 e. The van der Waals surface area contributed by atoms with E-state index in [1.807, 2.05) is 23.5 Å². The minimum Gasteiger partial charge on any atom is -0.513 e. The minimum atomic E-state index is 0.0879. The number of carbonyl (C=O) groups is 1. The van der Waals surface area contributed by atoms with E-state index in [4.69, 9.17) is 0 Å². The van der Waals surface area contributed by atoms with E-state index < -0.39 is 0 Å². The Bertz CT molecular complexity index is 954. The maximum absolute atomic E-state index is 12.7. The van der Waals surface area contributed by atoms with Crippen LogP contribution >= 0.6 is 0 Å². The molecule has 0 bridgehead atoms. The first-order valence-corrected chi connectivity index (χ1v) is 10.2. The van der Waals surface area contributed by atoms with Gasteiger partial charge in [0.05, 0.1) is 24.3 Å². The lowest BCUT2D eigenvalue weighted by atomic mass is 10.1. The molecule has 0 saturated carbocycles. The summed E-state index contributed by atoms with van der Waals surface area (Å²) in [6, 6.07) is 8.47. The highest BCUT2D eigenvalue weighted by Crippen LogP contribution is 2.14. The van der Waals surface area contributed by atoms with Gasteiger partial charge in [-0.3, -0.25) is 9.69 Å². The molecule has 1 aliphatic rings. The van der Waals surface area contributed by atoms with Crippen LogP contribution in [-0.2, 0) is 17.9 Å². The van der Waals surface area contributed by atoms with Crippen molar-refractivity contribution < 1.29 is 9.90 Å². The number of aromatic nitrogens is 2. The number of carbonyl (C=O) groups excluding carboxylic acids is 1. The number of aryl methyl sites for hydroxylation is 1. The van der Waals surface area contributed by atoms with Crippen LogP contribution in [0.15, 0.2) is 72.9 Å². The Labute approximate surface area is 178 Å². The van der Waals surface area contributed by atoms with Crippen molar-refractivity contribution in [1.82, 2.24) is 19.4 Å². The molecular formula is C24H30N4O2. The molecule has 6 nitrogen and oxygen atoms in total. The number of amides is 1.